The highest BCUT2D eigenvalue weighted by molar-refractivity contribution is 5.86. The van der Waals surface area contributed by atoms with Crippen molar-refractivity contribution in [3.8, 4) is 0 Å². The molecule has 0 heterocycles. The van der Waals surface area contributed by atoms with E-state index in [1.807, 2.05) is 81.4 Å². The van der Waals surface area contributed by atoms with Crippen molar-refractivity contribution in [1.29, 1.82) is 0 Å². The van der Waals surface area contributed by atoms with Gasteiger partial charge in [0.05, 0.1) is 13.2 Å². The van der Waals surface area contributed by atoms with Crippen molar-refractivity contribution < 1.29 is 19.4 Å². The Hall–Kier alpha value is -2.90. The van der Waals surface area contributed by atoms with E-state index in [2.05, 4.69) is 15.5 Å². The van der Waals surface area contributed by atoms with Crippen molar-refractivity contribution in [2.45, 2.75) is 52.3 Å². The molecule has 0 aromatic heterocycles. The molecule has 0 spiro atoms. The standard InChI is InChI=1S/C25H35N3O4/c1-25(2,3)22(26-24(31)32-4)23(30)27-28(17-20-13-9-6-10-14-20)18-21(29)16-15-19-11-7-5-8-12-19/h5-14,21-22,29H,15-18H2,1-4H3,(H,26,31)(H,27,30)/t21-,22-/m1/s1. The molecular weight excluding hydrogens is 406 g/mol. The molecule has 0 radical (unpaired) electrons. The molecule has 2 aromatic rings. The SMILES string of the molecule is COC(=O)N[C@H](C(=O)NN(Cc1ccccc1)C[C@H](O)CCc1ccccc1)C(C)(C)C. The molecule has 0 saturated carbocycles. The molecule has 174 valence electrons. The van der Waals surface area contributed by atoms with Crippen LogP contribution >= 0.6 is 0 Å². The lowest BCUT2D eigenvalue weighted by Gasteiger charge is -2.33. The fraction of sp³-hybridized carbons (Fsp3) is 0.440. The lowest BCUT2D eigenvalue weighted by atomic mass is 9.86. The summed E-state index contributed by atoms with van der Waals surface area (Å²) in [4.78, 5) is 24.9. The van der Waals surface area contributed by atoms with Crippen LogP contribution in [0.3, 0.4) is 0 Å². The van der Waals surface area contributed by atoms with Crippen LogP contribution in [-0.4, -0.2) is 47.9 Å². The van der Waals surface area contributed by atoms with E-state index in [1.54, 1.807) is 5.01 Å². The maximum atomic E-state index is 13.1. The fourth-order valence-electron chi connectivity index (χ4n) is 3.35. The van der Waals surface area contributed by atoms with Crippen LogP contribution in [0.1, 0.15) is 38.3 Å². The fourth-order valence-corrected chi connectivity index (χ4v) is 3.35. The van der Waals surface area contributed by atoms with Crippen LogP contribution in [-0.2, 0) is 22.5 Å². The van der Waals surface area contributed by atoms with Gasteiger partial charge >= 0.3 is 6.09 Å². The van der Waals surface area contributed by atoms with Crippen molar-refractivity contribution in [3.63, 3.8) is 0 Å². The molecule has 2 atom stereocenters. The zero-order valence-corrected chi connectivity index (χ0v) is 19.4. The molecule has 2 amide bonds. The number of methoxy groups -OCH3 is 1. The van der Waals surface area contributed by atoms with Gasteiger partial charge in [-0.25, -0.2) is 9.80 Å². The van der Waals surface area contributed by atoms with E-state index in [0.717, 1.165) is 17.5 Å². The summed E-state index contributed by atoms with van der Waals surface area (Å²) in [7, 11) is 1.26. The highest BCUT2D eigenvalue weighted by Gasteiger charge is 2.34. The average Bonchev–Trinajstić information content (AvgIpc) is 2.76. The Bertz CT molecular complexity index is 837. The molecule has 0 saturated heterocycles. The number of ether oxygens (including phenoxy) is 1. The van der Waals surface area contributed by atoms with Crippen molar-refractivity contribution >= 4 is 12.0 Å². The smallest absolute Gasteiger partial charge is 0.407 e. The number of rotatable bonds is 10. The van der Waals surface area contributed by atoms with Gasteiger partial charge < -0.3 is 15.2 Å². The van der Waals surface area contributed by atoms with Gasteiger partial charge in [0.25, 0.3) is 5.91 Å². The molecule has 2 rings (SSSR count). The zero-order valence-electron chi connectivity index (χ0n) is 19.4. The number of amides is 2. The zero-order chi connectivity index (χ0) is 23.6. The van der Waals surface area contributed by atoms with E-state index in [-0.39, 0.29) is 12.5 Å². The lowest BCUT2D eigenvalue weighted by molar-refractivity contribution is -0.131. The van der Waals surface area contributed by atoms with Gasteiger partial charge in [0.1, 0.15) is 6.04 Å². The van der Waals surface area contributed by atoms with Gasteiger partial charge in [-0.2, -0.15) is 0 Å². The molecule has 0 bridgehead atoms. The lowest BCUT2D eigenvalue weighted by Crippen LogP contribution is -2.57. The Balaban J connectivity index is 2.09. The summed E-state index contributed by atoms with van der Waals surface area (Å²) in [5.41, 5.74) is 4.51. The number of nitrogens with zero attached hydrogens (tertiary/aromatic N) is 1. The quantitative estimate of drug-likeness (QED) is 0.492. The highest BCUT2D eigenvalue weighted by Crippen LogP contribution is 2.20. The van der Waals surface area contributed by atoms with Crippen molar-refractivity contribution in [1.82, 2.24) is 15.8 Å². The monoisotopic (exact) mass is 441 g/mol. The van der Waals surface area contributed by atoms with Gasteiger partial charge in [-0.15, -0.1) is 0 Å². The van der Waals surface area contributed by atoms with E-state index in [1.165, 1.54) is 7.11 Å². The van der Waals surface area contributed by atoms with Crippen LogP contribution < -0.4 is 10.7 Å². The van der Waals surface area contributed by atoms with Crippen LogP contribution in [0.25, 0.3) is 0 Å². The number of aliphatic hydroxyl groups is 1. The second-order valence-electron chi connectivity index (χ2n) is 8.96. The third-order valence-corrected chi connectivity index (χ3v) is 5.10. The summed E-state index contributed by atoms with van der Waals surface area (Å²) >= 11 is 0. The predicted octanol–water partition coefficient (Wildman–Crippen LogP) is 3.28. The number of hydrogen-bond acceptors (Lipinski definition) is 5. The number of nitrogens with one attached hydrogen (secondary N) is 2. The van der Waals surface area contributed by atoms with Crippen LogP contribution in [0, 0.1) is 5.41 Å². The minimum Gasteiger partial charge on any atom is -0.453 e. The first kappa shape index (κ1) is 25.4. The predicted molar refractivity (Wildman–Crippen MR) is 125 cm³/mol. The van der Waals surface area contributed by atoms with E-state index >= 15 is 0 Å². The van der Waals surface area contributed by atoms with Crippen LogP contribution in [0.5, 0.6) is 0 Å². The van der Waals surface area contributed by atoms with Gasteiger partial charge in [-0.3, -0.25) is 10.2 Å². The largest absolute Gasteiger partial charge is 0.453 e. The molecular formula is C25H35N3O4. The van der Waals surface area contributed by atoms with E-state index in [9.17, 15) is 14.7 Å². The summed E-state index contributed by atoms with van der Waals surface area (Å²) < 4.78 is 4.68. The highest BCUT2D eigenvalue weighted by atomic mass is 16.5. The number of hydrogen-bond donors (Lipinski definition) is 3. The molecule has 7 heteroatoms. The Kier molecular flexibility index (Phi) is 9.68. The van der Waals surface area contributed by atoms with Crippen LogP contribution in [0.2, 0.25) is 0 Å². The molecule has 0 aliphatic carbocycles. The number of benzene rings is 2. The first-order valence-electron chi connectivity index (χ1n) is 10.8. The second kappa shape index (κ2) is 12.2. The number of aryl methyl sites for hydroxylation is 1. The first-order valence-corrected chi connectivity index (χ1v) is 10.8. The van der Waals surface area contributed by atoms with E-state index < -0.39 is 23.7 Å². The maximum absolute atomic E-state index is 13.1. The molecule has 2 aromatic carbocycles. The van der Waals surface area contributed by atoms with Gasteiger partial charge in [0, 0.05) is 13.1 Å². The van der Waals surface area contributed by atoms with Crippen molar-refractivity contribution in [3.05, 3.63) is 71.8 Å². The Morgan fingerprint density at radius 2 is 1.56 bits per heavy atom. The van der Waals surface area contributed by atoms with Gasteiger partial charge in [-0.05, 0) is 29.4 Å². The normalized spacial score (nSPS) is 13.3. The minimum absolute atomic E-state index is 0.253. The van der Waals surface area contributed by atoms with Crippen LogP contribution in [0.15, 0.2) is 60.7 Å². The van der Waals surface area contributed by atoms with Gasteiger partial charge in [-0.1, -0.05) is 81.4 Å². The third-order valence-electron chi connectivity index (χ3n) is 5.10. The molecule has 0 fully saturated rings. The number of hydrazine groups is 1. The van der Waals surface area contributed by atoms with Crippen LogP contribution in [0.4, 0.5) is 4.79 Å². The average molecular weight is 442 g/mol. The first-order chi connectivity index (χ1) is 15.2. The molecule has 0 unspecified atom stereocenters. The second-order valence-corrected chi connectivity index (χ2v) is 8.96. The summed E-state index contributed by atoms with van der Waals surface area (Å²) in [5, 5.41) is 15.0. The Morgan fingerprint density at radius 3 is 2.09 bits per heavy atom. The minimum atomic E-state index is -0.810. The third kappa shape index (κ3) is 8.69. The van der Waals surface area contributed by atoms with E-state index in [0.29, 0.717) is 13.0 Å². The Morgan fingerprint density at radius 1 is 1.00 bits per heavy atom. The summed E-state index contributed by atoms with van der Waals surface area (Å²) in [6.07, 6.45) is -0.00349. The molecule has 0 aliphatic heterocycles. The van der Waals surface area contributed by atoms with Crippen molar-refractivity contribution in [2.75, 3.05) is 13.7 Å². The number of carbonyl (C=O) groups excluding carboxylic acids is 2. The summed E-state index contributed by atoms with van der Waals surface area (Å²) in [6.45, 7) is 6.27. The van der Waals surface area contributed by atoms with Gasteiger partial charge in [0.2, 0.25) is 0 Å². The number of carbonyl (C=O) groups is 2. The molecule has 3 N–H and O–H groups in total. The number of alkyl carbamates (subject to hydrolysis) is 1. The molecule has 32 heavy (non-hydrogen) atoms. The molecule has 7 nitrogen and oxygen atoms in total. The topological polar surface area (TPSA) is 90.9 Å². The Labute approximate surface area is 190 Å². The van der Waals surface area contributed by atoms with Gasteiger partial charge in [0.15, 0.2) is 0 Å². The maximum Gasteiger partial charge on any atom is 0.407 e. The summed E-state index contributed by atoms with van der Waals surface area (Å²) in [6, 6.07) is 18.9. The van der Waals surface area contributed by atoms with E-state index in [4.69, 9.17) is 0 Å². The molecule has 0 aliphatic rings. The van der Waals surface area contributed by atoms with Crippen molar-refractivity contribution in [2.24, 2.45) is 5.41 Å². The number of aliphatic hydroxyl groups excluding tert-OH is 1. The summed E-state index contributed by atoms with van der Waals surface area (Å²) in [5.74, 6) is -0.367.